The number of amides is 2. The van der Waals surface area contributed by atoms with E-state index in [-0.39, 0.29) is 49.5 Å². The third-order valence-corrected chi connectivity index (χ3v) is 7.60. The van der Waals surface area contributed by atoms with Gasteiger partial charge in [0, 0.05) is 31.6 Å². The Hall–Kier alpha value is -3.01. The van der Waals surface area contributed by atoms with E-state index in [1.165, 1.54) is 11.0 Å². The molecule has 10 heteroatoms. The van der Waals surface area contributed by atoms with Crippen molar-refractivity contribution in [2.24, 2.45) is 0 Å². The van der Waals surface area contributed by atoms with Gasteiger partial charge in [-0.15, -0.1) is 0 Å². The molecule has 36 heavy (non-hydrogen) atoms. The number of rotatable bonds is 11. The van der Waals surface area contributed by atoms with Gasteiger partial charge in [-0.25, -0.2) is 17.2 Å². The lowest BCUT2D eigenvalue weighted by molar-refractivity contribution is -0.141. The summed E-state index contributed by atoms with van der Waals surface area (Å²) in [5.41, 5.74) is 0.847. The minimum absolute atomic E-state index is 0.0192. The van der Waals surface area contributed by atoms with Crippen LogP contribution < -0.4 is 9.62 Å². The van der Waals surface area contributed by atoms with E-state index in [1.807, 2.05) is 30.3 Å². The Kier molecular flexibility index (Phi) is 9.42. The number of benzene rings is 2. The summed E-state index contributed by atoms with van der Waals surface area (Å²) in [4.78, 5) is 27.7. The lowest BCUT2D eigenvalue weighted by atomic mass is 10.1. The molecular formula is C26H33F2N3O4S. The van der Waals surface area contributed by atoms with Crippen LogP contribution in [0.5, 0.6) is 0 Å². The van der Waals surface area contributed by atoms with Gasteiger partial charge >= 0.3 is 0 Å². The average Bonchev–Trinajstić information content (AvgIpc) is 3.34. The molecule has 0 heterocycles. The van der Waals surface area contributed by atoms with Crippen molar-refractivity contribution < 1.29 is 26.8 Å². The quantitative estimate of drug-likeness (QED) is 0.485. The predicted octanol–water partition coefficient (Wildman–Crippen LogP) is 3.99. The highest BCUT2D eigenvalue weighted by Gasteiger charge is 2.28. The first kappa shape index (κ1) is 27.6. The molecule has 1 aliphatic carbocycles. The van der Waals surface area contributed by atoms with Crippen LogP contribution >= 0.6 is 0 Å². The molecular weight excluding hydrogens is 488 g/mol. The van der Waals surface area contributed by atoms with E-state index in [4.69, 9.17) is 0 Å². The minimum atomic E-state index is -3.80. The van der Waals surface area contributed by atoms with Crippen LogP contribution in [-0.4, -0.2) is 50.0 Å². The van der Waals surface area contributed by atoms with Crippen LogP contribution in [0, 0.1) is 11.6 Å². The van der Waals surface area contributed by atoms with Crippen LogP contribution in [0.15, 0.2) is 48.5 Å². The lowest BCUT2D eigenvalue weighted by Crippen LogP contribution is -2.49. The zero-order chi connectivity index (χ0) is 26.3. The number of nitrogens with zero attached hydrogens (tertiary/aromatic N) is 2. The second-order valence-electron chi connectivity index (χ2n) is 9.21. The number of anilines is 1. The molecule has 0 unspecified atom stereocenters. The molecule has 0 spiro atoms. The average molecular weight is 522 g/mol. The van der Waals surface area contributed by atoms with Crippen molar-refractivity contribution in [1.29, 1.82) is 0 Å². The zero-order valence-corrected chi connectivity index (χ0v) is 21.4. The van der Waals surface area contributed by atoms with Crippen molar-refractivity contribution in [3.05, 3.63) is 65.7 Å². The molecule has 2 aromatic carbocycles. The number of carbonyl (C=O) groups is 2. The van der Waals surface area contributed by atoms with Gasteiger partial charge in [-0.05, 0) is 43.9 Å². The van der Waals surface area contributed by atoms with E-state index < -0.39 is 27.7 Å². The van der Waals surface area contributed by atoms with Gasteiger partial charge in [0.2, 0.25) is 21.8 Å². The van der Waals surface area contributed by atoms with Gasteiger partial charge < -0.3 is 10.2 Å². The van der Waals surface area contributed by atoms with E-state index >= 15 is 0 Å². The molecule has 0 bridgehead atoms. The number of nitrogens with one attached hydrogen (secondary N) is 1. The summed E-state index contributed by atoms with van der Waals surface area (Å²) in [7, 11) is -3.80. The molecule has 0 radical (unpaired) electrons. The Morgan fingerprint density at radius 1 is 1.06 bits per heavy atom. The number of sulfonamides is 1. The summed E-state index contributed by atoms with van der Waals surface area (Å²) in [5, 5.41) is 3.04. The maximum atomic E-state index is 13.7. The summed E-state index contributed by atoms with van der Waals surface area (Å²) >= 11 is 0. The smallest absolute Gasteiger partial charge is 0.242 e. The summed E-state index contributed by atoms with van der Waals surface area (Å²) in [5.74, 6) is -2.76. The molecule has 2 amide bonds. The van der Waals surface area contributed by atoms with Crippen molar-refractivity contribution in [3.63, 3.8) is 0 Å². The van der Waals surface area contributed by atoms with Crippen LogP contribution in [0.25, 0.3) is 0 Å². The number of hydrogen-bond donors (Lipinski definition) is 1. The molecule has 1 saturated carbocycles. The van der Waals surface area contributed by atoms with Crippen LogP contribution in [0.4, 0.5) is 14.5 Å². The standard InChI is InChI=1S/C26H33F2N3O4S/c1-19(26(33)29-21-11-6-7-12-21)30(18-20-9-4-3-5-10-20)25(32)13-8-16-31(36(2,34)35)22-14-15-23(27)24(28)17-22/h3-5,9-10,14-15,17,19,21H,6-8,11-13,16,18H2,1-2H3,(H,29,33)/t19-/m1/s1. The molecule has 3 rings (SSSR count). The fourth-order valence-electron chi connectivity index (χ4n) is 4.40. The predicted molar refractivity (Wildman–Crippen MR) is 135 cm³/mol. The van der Waals surface area contributed by atoms with Crippen molar-refractivity contribution in [1.82, 2.24) is 10.2 Å². The summed E-state index contributed by atoms with van der Waals surface area (Å²) in [6.07, 6.45) is 5.07. The molecule has 7 nitrogen and oxygen atoms in total. The topological polar surface area (TPSA) is 86.8 Å². The first-order chi connectivity index (χ1) is 17.1. The molecule has 1 aliphatic rings. The van der Waals surface area contributed by atoms with Crippen LogP contribution in [0.3, 0.4) is 0 Å². The Morgan fingerprint density at radius 3 is 2.33 bits per heavy atom. The third kappa shape index (κ3) is 7.49. The van der Waals surface area contributed by atoms with Gasteiger partial charge in [0.25, 0.3) is 0 Å². The molecule has 0 saturated heterocycles. The molecule has 0 aromatic heterocycles. The minimum Gasteiger partial charge on any atom is -0.352 e. The van der Waals surface area contributed by atoms with Crippen molar-refractivity contribution in [2.45, 2.75) is 64.1 Å². The lowest BCUT2D eigenvalue weighted by Gasteiger charge is -2.30. The Morgan fingerprint density at radius 2 is 1.72 bits per heavy atom. The molecule has 1 atom stereocenters. The Bertz CT molecular complexity index is 1160. The largest absolute Gasteiger partial charge is 0.352 e. The molecule has 2 aromatic rings. The maximum Gasteiger partial charge on any atom is 0.242 e. The monoisotopic (exact) mass is 521 g/mol. The first-order valence-electron chi connectivity index (χ1n) is 12.1. The molecule has 1 N–H and O–H groups in total. The van der Waals surface area contributed by atoms with Crippen molar-refractivity contribution in [2.75, 3.05) is 17.1 Å². The highest BCUT2D eigenvalue weighted by Crippen LogP contribution is 2.22. The second kappa shape index (κ2) is 12.3. The van der Waals surface area contributed by atoms with E-state index in [1.54, 1.807) is 6.92 Å². The molecule has 0 aliphatic heterocycles. The van der Waals surface area contributed by atoms with E-state index in [2.05, 4.69) is 5.32 Å². The highest BCUT2D eigenvalue weighted by molar-refractivity contribution is 7.92. The van der Waals surface area contributed by atoms with Crippen LogP contribution in [0.1, 0.15) is 51.0 Å². The summed E-state index contributed by atoms with van der Waals surface area (Å²) in [6, 6.07) is 11.6. The van der Waals surface area contributed by atoms with Gasteiger partial charge in [-0.3, -0.25) is 13.9 Å². The van der Waals surface area contributed by atoms with E-state index in [9.17, 15) is 26.8 Å². The number of carbonyl (C=O) groups excluding carboxylic acids is 2. The Labute approximate surface area is 211 Å². The van der Waals surface area contributed by atoms with Crippen molar-refractivity contribution in [3.8, 4) is 0 Å². The number of hydrogen-bond acceptors (Lipinski definition) is 4. The maximum absolute atomic E-state index is 13.7. The summed E-state index contributed by atoms with van der Waals surface area (Å²) in [6.45, 7) is 1.82. The van der Waals surface area contributed by atoms with Gasteiger partial charge in [-0.2, -0.15) is 0 Å². The SMILES string of the molecule is C[C@H](C(=O)NC1CCCC1)N(Cc1ccccc1)C(=O)CCCN(c1ccc(F)c(F)c1)S(C)(=O)=O. The Balaban J connectivity index is 1.70. The zero-order valence-electron chi connectivity index (χ0n) is 20.6. The third-order valence-electron chi connectivity index (χ3n) is 6.41. The number of halogens is 2. The van der Waals surface area contributed by atoms with Gasteiger partial charge in [0.15, 0.2) is 11.6 Å². The molecule has 1 fully saturated rings. The summed E-state index contributed by atoms with van der Waals surface area (Å²) < 4.78 is 52.6. The fourth-order valence-corrected chi connectivity index (χ4v) is 5.36. The van der Waals surface area contributed by atoms with Gasteiger partial charge in [-0.1, -0.05) is 43.2 Å². The highest BCUT2D eigenvalue weighted by atomic mass is 32.2. The van der Waals surface area contributed by atoms with Crippen molar-refractivity contribution >= 4 is 27.5 Å². The fraction of sp³-hybridized carbons (Fsp3) is 0.462. The molecule has 196 valence electrons. The van der Waals surface area contributed by atoms with E-state index in [0.717, 1.165) is 53.9 Å². The van der Waals surface area contributed by atoms with E-state index in [0.29, 0.717) is 0 Å². The normalized spacial score (nSPS) is 14.9. The van der Waals surface area contributed by atoms with Gasteiger partial charge in [0.05, 0.1) is 11.9 Å². The van der Waals surface area contributed by atoms with Crippen LogP contribution in [0.2, 0.25) is 0 Å². The first-order valence-corrected chi connectivity index (χ1v) is 14.0. The second-order valence-corrected chi connectivity index (χ2v) is 11.1. The van der Waals surface area contributed by atoms with Crippen LogP contribution in [-0.2, 0) is 26.2 Å². The van der Waals surface area contributed by atoms with Gasteiger partial charge in [0.1, 0.15) is 6.04 Å².